The average molecular weight is 239 g/mol. The molecular formula is C15H17N3. The van der Waals surface area contributed by atoms with E-state index in [0.717, 1.165) is 31.0 Å². The third-order valence-corrected chi connectivity index (χ3v) is 3.40. The van der Waals surface area contributed by atoms with Crippen molar-refractivity contribution in [1.82, 2.24) is 9.88 Å². The zero-order valence-electron chi connectivity index (χ0n) is 10.6. The number of hydrogen-bond acceptors (Lipinski definition) is 3. The second-order valence-corrected chi connectivity index (χ2v) is 4.98. The molecule has 3 heteroatoms. The maximum absolute atomic E-state index is 5.82. The van der Waals surface area contributed by atoms with Crippen LogP contribution in [0, 0.1) is 6.92 Å². The summed E-state index contributed by atoms with van der Waals surface area (Å²) in [6.07, 6.45) is 1.96. The fraction of sp³-hybridized carbons (Fsp3) is 0.267. The summed E-state index contributed by atoms with van der Waals surface area (Å²) in [7, 11) is 0. The van der Waals surface area contributed by atoms with Gasteiger partial charge in [0.15, 0.2) is 0 Å². The first-order valence-corrected chi connectivity index (χ1v) is 6.22. The molecule has 0 spiro atoms. The van der Waals surface area contributed by atoms with E-state index in [9.17, 15) is 0 Å². The van der Waals surface area contributed by atoms with Gasteiger partial charge >= 0.3 is 0 Å². The van der Waals surface area contributed by atoms with Crippen LogP contribution in [0.5, 0.6) is 0 Å². The van der Waals surface area contributed by atoms with Crippen molar-refractivity contribution in [2.75, 3.05) is 5.73 Å². The van der Waals surface area contributed by atoms with Crippen molar-refractivity contribution in [2.45, 2.75) is 26.6 Å². The Kier molecular flexibility index (Phi) is 2.76. The summed E-state index contributed by atoms with van der Waals surface area (Å²) in [6.45, 7) is 4.94. The number of aryl methyl sites for hydroxylation is 1. The van der Waals surface area contributed by atoms with Gasteiger partial charge in [-0.15, -0.1) is 0 Å². The Labute approximate surface area is 107 Å². The maximum atomic E-state index is 5.82. The number of nitrogen functional groups attached to an aromatic ring is 1. The van der Waals surface area contributed by atoms with E-state index >= 15 is 0 Å². The highest BCUT2D eigenvalue weighted by atomic mass is 15.1. The van der Waals surface area contributed by atoms with E-state index < -0.39 is 0 Å². The van der Waals surface area contributed by atoms with Gasteiger partial charge < -0.3 is 5.73 Å². The van der Waals surface area contributed by atoms with Crippen molar-refractivity contribution in [3.63, 3.8) is 0 Å². The number of benzene rings is 1. The van der Waals surface area contributed by atoms with Gasteiger partial charge in [0, 0.05) is 37.2 Å². The molecule has 0 bridgehead atoms. The molecule has 2 N–H and O–H groups in total. The summed E-state index contributed by atoms with van der Waals surface area (Å²) in [6, 6.07) is 10.4. The number of rotatable bonds is 2. The third kappa shape index (κ3) is 2.22. The van der Waals surface area contributed by atoms with E-state index in [1.807, 2.05) is 19.2 Å². The van der Waals surface area contributed by atoms with Crippen LogP contribution in [0.15, 0.2) is 36.5 Å². The molecule has 0 atom stereocenters. The lowest BCUT2D eigenvalue weighted by Gasteiger charge is -2.14. The normalized spacial score (nSPS) is 14.7. The molecule has 0 saturated heterocycles. The van der Waals surface area contributed by atoms with E-state index in [0.29, 0.717) is 0 Å². The highest BCUT2D eigenvalue weighted by Gasteiger charge is 2.18. The lowest BCUT2D eigenvalue weighted by molar-refractivity contribution is 0.275. The molecule has 2 heterocycles. The van der Waals surface area contributed by atoms with Crippen LogP contribution in [0.2, 0.25) is 0 Å². The van der Waals surface area contributed by atoms with Crippen LogP contribution in [0.25, 0.3) is 0 Å². The predicted octanol–water partition coefficient (Wildman–Crippen LogP) is 2.49. The van der Waals surface area contributed by atoms with Gasteiger partial charge in [-0.3, -0.25) is 9.88 Å². The number of hydrogen-bond donors (Lipinski definition) is 1. The van der Waals surface area contributed by atoms with Crippen molar-refractivity contribution in [1.29, 1.82) is 0 Å². The summed E-state index contributed by atoms with van der Waals surface area (Å²) in [5.74, 6) is 0. The largest absolute Gasteiger partial charge is 0.399 e. The van der Waals surface area contributed by atoms with Gasteiger partial charge in [-0.1, -0.05) is 12.1 Å². The van der Waals surface area contributed by atoms with Gasteiger partial charge in [0.1, 0.15) is 0 Å². The molecule has 0 aliphatic carbocycles. The van der Waals surface area contributed by atoms with E-state index in [1.54, 1.807) is 0 Å². The van der Waals surface area contributed by atoms with Crippen molar-refractivity contribution in [2.24, 2.45) is 0 Å². The molecule has 92 valence electrons. The Balaban J connectivity index is 1.72. The highest BCUT2D eigenvalue weighted by molar-refractivity contribution is 5.46. The second-order valence-electron chi connectivity index (χ2n) is 4.98. The molecule has 1 aromatic heterocycles. The quantitative estimate of drug-likeness (QED) is 0.819. The molecule has 1 aromatic carbocycles. The standard InChI is InChI=1S/C15H17N3/c1-11-2-3-12(7-17-11)8-18-9-13-4-5-15(16)6-14(13)10-18/h2-7H,8-10,16H2,1H3. The number of nitrogens with two attached hydrogens (primary N) is 1. The van der Waals surface area contributed by atoms with Gasteiger partial charge in [0.05, 0.1) is 0 Å². The molecule has 0 unspecified atom stereocenters. The second kappa shape index (κ2) is 4.42. The van der Waals surface area contributed by atoms with Gasteiger partial charge in [-0.2, -0.15) is 0 Å². The summed E-state index contributed by atoms with van der Waals surface area (Å²) in [4.78, 5) is 6.75. The zero-order valence-corrected chi connectivity index (χ0v) is 10.6. The van der Waals surface area contributed by atoms with Gasteiger partial charge in [0.25, 0.3) is 0 Å². The Bertz CT molecular complexity index is 560. The van der Waals surface area contributed by atoms with Gasteiger partial charge in [-0.05, 0) is 41.8 Å². The predicted molar refractivity (Wildman–Crippen MR) is 72.8 cm³/mol. The van der Waals surface area contributed by atoms with Crippen LogP contribution < -0.4 is 5.73 Å². The minimum atomic E-state index is 0.854. The van der Waals surface area contributed by atoms with Crippen LogP contribution in [-0.4, -0.2) is 9.88 Å². The Morgan fingerprint density at radius 3 is 2.78 bits per heavy atom. The van der Waals surface area contributed by atoms with E-state index in [1.165, 1.54) is 16.7 Å². The molecule has 0 fully saturated rings. The molecule has 1 aliphatic heterocycles. The smallest absolute Gasteiger partial charge is 0.0372 e. The first-order valence-electron chi connectivity index (χ1n) is 6.22. The lowest BCUT2D eigenvalue weighted by atomic mass is 10.1. The molecule has 1 aliphatic rings. The molecular weight excluding hydrogens is 222 g/mol. The number of anilines is 1. The summed E-state index contributed by atoms with van der Waals surface area (Å²) in [5, 5.41) is 0. The van der Waals surface area contributed by atoms with Crippen LogP contribution in [0.3, 0.4) is 0 Å². The van der Waals surface area contributed by atoms with Crippen molar-refractivity contribution in [3.8, 4) is 0 Å². The maximum Gasteiger partial charge on any atom is 0.0372 e. The minimum absolute atomic E-state index is 0.854. The van der Waals surface area contributed by atoms with Gasteiger partial charge in [0.2, 0.25) is 0 Å². The number of pyridine rings is 1. The number of nitrogens with zero attached hydrogens (tertiary/aromatic N) is 2. The highest BCUT2D eigenvalue weighted by Crippen LogP contribution is 2.25. The minimum Gasteiger partial charge on any atom is -0.399 e. The van der Waals surface area contributed by atoms with Crippen molar-refractivity contribution in [3.05, 3.63) is 58.9 Å². The monoisotopic (exact) mass is 239 g/mol. The summed E-state index contributed by atoms with van der Waals surface area (Å²) < 4.78 is 0. The topological polar surface area (TPSA) is 42.1 Å². The third-order valence-electron chi connectivity index (χ3n) is 3.40. The van der Waals surface area contributed by atoms with E-state index in [-0.39, 0.29) is 0 Å². The fourth-order valence-corrected chi connectivity index (χ4v) is 2.45. The first kappa shape index (κ1) is 11.2. The lowest BCUT2D eigenvalue weighted by Crippen LogP contribution is -2.15. The average Bonchev–Trinajstić information content (AvgIpc) is 2.73. The molecule has 18 heavy (non-hydrogen) atoms. The summed E-state index contributed by atoms with van der Waals surface area (Å²) >= 11 is 0. The number of fused-ring (bicyclic) bond motifs is 1. The SMILES string of the molecule is Cc1ccc(CN2Cc3ccc(N)cc3C2)cn1. The molecule has 0 amide bonds. The van der Waals surface area contributed by atoms with Crippen LogP contribution in [-0.2, 0) is 19.6 Å². The molecule has 0 radical (unpaired) electrons. The van der Waals surface area contributed by atoms with E-state index in [4.69, 9.17) is 5.73 Å². The zero-order chi connectivity index (χ0) is 12.5. The number of aromatic nitrogens is 1. The molecule has 2 aromatic rings. The van der Waals surface area contributed by atoms with Crippen molar-refractivity contribution >= 4 is 5.69 Å². The molecule has 3 nitrogen and oxygen atoms in total. The van der Waals surface area contributed by atoms with Crippen LogP contribution in [0.1, 0.15) is 22.4 Å². The fourth-order valence-electron chi connectivity index (χ4n) is 2.45. The Morgan fingerprint density at radius 1 is 1.17 bits per heavy atom. The van der Waals surface area contributed by atoms with Crippen LogP contribution >= 0.6 is 0 Å². The van der Waals surface area contributed by atoms with E-state index in [2.05, 4.69) is 34.1 Å². The Morgan fingerprint density at radius 2 is 2.00 bits per heavy atom. The van der Waals surface area contributed by atoms with Crippen LogP contribution in [0.4, 0.5) is 5.69 Å². The Hall–Kier alpha value is -1.87. The summed E-state index contributed by atoms with van der Waals surface area (Å²) in [5.41, 5.74) is 11.8. The van der Waals surface area contributed by atoms with Crippen molar-refractivity contribution < 1.29 is 0 Å². The van der Waals surface area contributed by atoms with Gasteiger partial charge in [-0.25, -0.2) is 0 Å². The molecule has 3 rings (SSSR count). The molecule has 0 saturated carbocycles. The first-order chi connectivity index (χ1) is 8.70.